The van der Waals surface area contributed by atoms with E-state index in [2.05, 4.69) is 0 Å². The number of likely N-dealkylation sites (N-methyl/N-ethyl adjacent to an activating group) is 1. The molecule has 0 bridgehead atoms. The molecule has 256 valence electrons. The van der Waals surface area contributed by atoms with Crippen LogP contribution < -0.4 is 5.73 Å². The molecule has 2 aromatic rings. The second-order valence-electron chi connectivity index (χ2n) is 12.5. The van der Waals surface area contributed by atoms with Crippen LogP contribution in [0.15, 0.2) is 30.3 Å². The van der Waals surface area contributed by atoms with Crippen molar-refractivity contribution >= 4 is 41.2 Å². The molecule has 0 saturated heterocycles. The van der Waals surface area contributed by atoms with E-state index in [1.165, 1.54) is 38.1 Å². The van der Waals surface area contributed by atoms with E-state index in [0.29, 0.717) is 12.1 Å². The number of benzene rings is 2. The molecular formula is C32H28F6N2O8. The van der Waals surface area contributed by atoms with Gasteiger partial charge in [0.15, 0.2) is 34.7 Å². The van der Waals surface area contributed by atoms with E-state index in [1.54, 1.807) is 0 Å². The summed E-state index contributed by atoms with van der Waals surface area (Å²) in [6.45, 7) is 1.48. The molecule has 48 heavy (non-hydrogen) atoms. The SMILES string of the molecule is C[C@H]1c2ccc(/C=C/c3cc(C(F)(F)F)cc(C(F)(F)F)c3)c(O)c2C(=O)C2C(=O)[C@]3(O)C(=O)C(C(N)=O)C(=O)[C@@H](N(C)C)[C@@H]3[C@@H](O)[C@@H]21. The van der Waals surface area contributed by atoms with Crippen LogP contribution in [0.5, 0.6) is 5.75 Å². The number of primary amides is 1. The number of nitrogens with zero attached hydrogens (tertiary/aromatic N) is 1. The van der Waals surface area contributed by atoms with Crippen LogP contribution >= 0.6 is 0 Å². The summed E-state index contributed by atoms with van der Waals surface area (Å²) in [5.74, 6) is -15.8. The minimum atomic E-state index is -5.12. The van der Waals surface area contributed by atoms with Gasteiger partial charge in [-0.1, -0.05) is 31.2 Å². The zero-order chi connectivity index (χ0) is 36.0. The fraction of sp³-hybridized carbons (Fsp3) is 0.406. The van der Waals surface area contributed by atoms with E-state index < -0.39 is 117 Å². The van der Waals surface area contributed by atoms with Gasteiger partial charge in [0.25, 0.3) is 0 Å². The van der Waals surface area contributed by atoms with Crippen molar-refractivity contribution in [3.8, 4) is 5.75 Å². The van der Waals surface area contributed by atoms with Gasteiger partial charge in [0.2, 0.25) is 5.91 Å². The highest BCUT2D eigenvalue weighted by Gasteiger charge is 2.72. The van der Waals surface area contributed by atoms with Gasteiger partial charge < -0.3 is 21.1 Å². The summed E-state index contributed by atoms with van der Waals surface area (Å²) in [7, 11) is 2.70. The number of nitrogens with two attached hydrogens (primary N) is 1. The summed E-state index contributed by atoms with van der Waals surface area (Å²) in [5.41, 5.74) is -2.30. The van der Waals surface area contributed by atoms with Crippen LogP contribution in [-0.2, 0) is 31.5 Å². The molecule has 5 N–H and O–H groups in total. The highest BCUT2D eigenvalue weighted by Crippen LogP contribution is 2.54. The number of ketones is 4. The Labute approximate surface area is 267 Å². The topological polar surface area (TPSA) is 175 Å². The third-order valence-electron chi connectivity index (χ3n) is 9.59. The number of phenolic OH excluding ortho intramolecular Hbond substituents is 1. The van der Waals surface area contributed by atoms with E-state index in [-0.39, 0.29) is 17.2 Å². The molecule has 3 aliphatic carbocycles. The molecule has 0 aliphatic heterocycles. The number of aliphatic hydroxyl groups is 2. The highest BCUT2D eigenvalue weighted by molar-refractivity contribution is 6.32. The van der Waals surface area contributed by atoms with E-state index >= 15 is 0 Å². The van der Waals surface area contributed by atoms with Crippen LogP contribution in [0, 0.1) is 23.7 Å². The van der Waals surface area contributed by atoms with Crippen molar-refractivity contribution in [2.45, 2.75) is 42.9 Å². The first-order valence-electron chi connectivity index (χ1n) is 14.4. The first kappa shape index (κ1) is 34.9. The molecular weight excluding hydrogens is 654 g/mol. The van der Waals surface area contributed by atoms with Gasteiger partial charge >= 0.3 is 12.4 Å². The van der Waals surface area contributed by atoms with Crippen molar-refractivity contribution in [2.24, 2.45) is 29.4 Å². The van der Waals surface area contributed by atoms with Crippen molar-refractivity contribution in [3.05, 3.63) is 63.7 Å². The summed E-state index contributed by atoms with van der Waals surface area (Å²) >= 11 is 0. The Morgan fingerprint density at radius 2 is 1.50 bits per heavy atom. The Morgan fingerprint density at radius 1 is 0.938 bits per heavy atom. The van der Waals surface area contributed by atoms with E-state index in [4.69, 9.17) is 5.73 Å². The average Bonchev–Trinajstić information content (AvgIpc) is 2.97. The number of halogens is 6. The van der Waals surface area contributed by atoms with Crippen molar-refractivity contribution in [3.63, 3.8) is 0 Å². The molecule has 5 rings (SSSR count). The van der Waals surface area contributed by atoms with E-state index in [9.17, 15) is 65.6 Å². The lowest BCUT2D eigenvalue weighted by Crippen LogP contribution is -2.77. The molecule has 8 atom stereocenters. The number of fused-ring (bicyclic) bond motifs is 3. The Bertz CT molecular complexity index is 1770. The summed E-state index contributed by atoms with van der Waals surface area (Å²) in [6, 6.07) is 1.81. The molecule has 1 amide bonds. The Hall–Kier alpha value is -4.41. The van der Waals surface area contributed by atoms with Crippen molar-refractivity contribution in [1.82, 2.24) is 4.90 Å². The molecule has 2 saturated carbocycles. The van der Waals surface area contributed by atoms with Gasteiger partial charge in [-0.15, -0.1) is 0 Å². The first-order valence-corrected chi connectivity index (χ1v) is 14.4. The first-order chi connectivity index (χ1) is 22.0. The minimum Gasteiger partial charge on any atom is -0.507 e. The average molecular weight is 683 g/mol. The number of carbonyl (C=O) groups excluding carboxylic acids is 5. The fourth-order valence-electron chi connectivity index (χ4n) is 7.40. The van der Waals surface area contributed by atoms with E-state index in [1.807, 2.05) is 0 Å². The molecule has 0 spiro atoms. The smallest absolute Gasteiger partial charge is 0.416 e. The number of hydrogen-bond acceptors (Lipinski definition) is 9. The Balaban J connectivity index is 1.61. The van der Waals surface area contributed by atoms with Gasteiger partial charge in [-0.05, 0) is 49.3 Å². The van der Waals surface area contributed by atoms with Gasteiger partial charge in [0.05, 0.1) is 40.7 Å². The van der Waals surface area contributed by atoms with Crippen molar-refractivity contribution in [2.75, 3.05) is 14.1 Å². The van der Waals surface area contributed by atoms with Crippen LogP contribution in [0.4, 0.5) is 26.3 Å². The zero-order valence-electron chi connectivity index (χ0n) is 25.3. The Morgan fingerprint density at radius 3 is 2.00 bits per heavy atom. The third kappa shape index (κ3) is 5.13. The van der Waals surface area contributed by atoms with Crippen LogP contribution in [0.1, 0.15) is 51.0 Å². The number of amides is 1. The summed E-state index contributed by atoms with van der Waals surface area (Å²) in [4.78, 5) is 68.1. The molecule has 16 heteroatoms. The number of phenols is 1. The number of Topliss-reactive ketones (excluding diaryl/α,β-unsaturated/α-hetero) is 4. The van der Waals surface area contributed by atoms with Gasteiger partial charge in [-0.3, -0.25) is 28.9 Å². The van der Waals surface area contributed by atoms with Gasteiger partial charge in [-0.25, -0.2) is 0 Å². The normalized spacial score (nSPS) is 30.8. The second-order valence-corrected chi connectivity index (χ2v) is 12.5. The molecule has 10 nitrogen and oxygen atoms in total. The largest absolute Gasteiger partial charge is 0.507 e. The summed E-state index contributed by atoms with van der Waals surface area (Å²) < 4.78 is 80.0. The van der Waals surface area contributed by atoms with Gasteiger partial charge in [0.1, 0.15) is 5.75 Å². The lowest BCUT2D eigenvalue weighted by Gasteiger charge is -2.56. The van der Waals surface area contributed by atoms with Crippen LogP contribution in [-0.4, -0.2) is 81.1 Å². The predicted molar refractivity (Wildman–Crippen MR) is 153 cm³/mol. The maximum atomic E-state index is 14.0. The molecule has 0 radical (unpaired) electrons. The minimum absolute atomic E-state index is 0.0579. The van der Waals surface area contributed by atoms with E-state index in [0.717, 1.165) is 12.2 Å². The molecule has 2 unspecified atom stereocenters. The number of carbonyl (C=O) groups is 5. The van der Waals surface area contributed by atoms with Crippen LogP contribution in [0.25, 0.3) is 12.2 Å². The maximum Gasteiger partial charge on any atom is 0.416 e. The van der Waals surface area contributed by atoms with Gasteiger partial charge in [-0.2, -0.15) is 26.3 Å². The van der Waals surface area contributed by atoms with Gasteiger partial charge in [0, 0.05) is 11.5 Å². The number of aromatic hydroxyl groups is 1. The molecule has 3 aliphatic rings. The highest BCUT2D eigenvalue weighted by atomic mass is 19.4. The maximum absolute atomic E-state index is 14.0. The number of rotatable bonds is 4. The quantitative estimate of drug-likeness (QED) is 0.215. The lowest BCUT2D eigenvalue weighted by molar-refractivity contribution is -0.196. The monoisotopic (exact) mass is 682 g/mol. The molecule has 0 aromatic heterocycles. The number of hydrogen-bond donors (Lipinski definition) is 4. The lowest BCUT2D eigenvalue weighted by atomic mass is 9.49. The zero-order valence-corrected chi connectivity index (χ0v) is 25.3. The van der Waals surface area contributed by atoms with Crippen LogP contribution in [0.2, 0.25) is 0 Å². The molecule has 2 aromatic carbocycles. The van der Waals surface area contributed by atoms with Crippen molar-refractivity contribution in [1.29, 1.82) is 0 Å². The summed E-state index contributed by atoms with van der Waals surface area (Å²) in [6.07, 6.45) is -10.3. The van der Waals surface area contributed by atoms with Crippen LogP contribution in [0.3, 0.4) is 0 Å². The standard InChI is InChI=1S/C32H28F6N2O8/c1-11-16-7-6-13(5-4-12-8-14(31(33,34)35)10-15(9-12)32(36,37)38)23(41)18(16)24(42)19-17(11)25(43)21-22(40(2)3)26(44)20(29(39)47)28(46)30(21,48)27(19)45/h4-11,17,19-22,25,41,43,48H,1-3H3,(H2,39,47)/b5-4+/t11-,17+,19?,20?,21+,22-,25-,30-/m0/s1. The Kier molecular flexibility index (Phi) is 8.25. The summed E-state index contributed by atoms with van der Waals surface area (Å²) in [5, 5.41) is 34.5. The second kappa shape index (κ2) is 11.3. The number of alkyl halides is 6. The fourth-order valence-corrected chi connectivity index (χ4v) is 7.40. The number of aliphatic hydroxyl groups excluding tert-OH is 1. The molecule has 2 fully saturated rings. The predicted octanol–water partition coefficient (Wildman–Crippen LogP) is 2.61. The van der Waals surface area contributed by atoms with Crippen molar-refractivity contribution < 1.29 is 65.6 Å². The molecule has 0 heterocycles. The third-order valence-corrected chi connectivity index (χ3v) is 9.59.